The van der Waals surface area contributed by atoms with Gasteiger partial charge in [0.1, 0.15) is 6.04 Å². The van der Waals surface area contributed by atoms with E-state index in [1.807, 2.05) is 17.0 Å². The summed E-state index contributed by atoms with van der Waals surface area (Å²) in [5.41, 5.74) is 2.46. The van der Waals surface area contributed by atoms with E-state index < -0.39 is 0 Å². The summed E-state index contributed by atoms with van der Waals surface area (Å²) < 4.78 is 0. The Morgan fingerprint density at radius 1 is 0.943 bits per heavy atom. The first-order chi connectivity index (χ1) is 17.1. The van der Waals surface area contributed by atoms with Crippen LogP contribution >= 0.6 is 0 Å². The van der Waals surface area contributed by atoms with Crippen LogP contribution in [0.3, 0.4) is 0 Å². The molecule has 2 aromatic rings. The molecule has 3 atom stereocenters. The lowest BCUT2D eigenvalue weighted by Crippen LogP contribution is -2.50. The van der Waals surface area contributed by atoms with Gasteiger partial charge in [-0.2, -0.15) is 0 Å². The van der Waals surface area contributed by atoms with Gasteiger partial charge in [0.15, 0.2) is 0 Å². The Morgan fingerprint density at radius 3 is 2.34 bits per heavy atom. The van der Waals surface area contributed by atoms with Crippen LogP contribution in [0.2, 0.25) is 0 Å². The number of amides is 2. The molecule has 3 saturated heterocycles. The summed E-state index contributed by atoms with van der Waals surface area (Å²) in [4.78, 5) is 35.1. The lowest BCUT2D eigenvalue weighted by atomic mass is 10.0. The Labute approximate surface area is 208 Å². The minimum atomic E-state index is -0.132. The maximum atomic E-state index is 13.1. The van der Waals surface area contributed by atoms with Gasteiger partial charge in [0.25, 0.3) is 0 Å². The van der Waals surface area contributed by atoms with Crippen molar-refractivity contribution in [2.24, 2.45) is 0 Å². The van der Waals surface area contributed by atoms with E-state index in [1.54, 1.807) is 0 Å². The van der Waals surface area contributed by atoms with Crippen molar-refractivity contribution in [1.82, 2.24) is 20.0 Å². The summed E-state index contributed by atoms with van der Waals surface area (Å²) in [6, 6.07) is 21.0. The molecule has 3 fully saturated rings. The summed E-state index contributed by atoms with van der Waals surface area (Å²) in [5, 5.41) is 3.19. The number of hydrogen-bond acceptors (Lipinski definition) is 5. The Morgan fingerprint density at radius 2 is 1.63 bits per heavy atom. The smallest absolute Gasteiger partial charge is 0.239 e. The fraction of sp³-hybridized carbons (Fsp3) is 0.500. The number of carbonyl (C=O) groups excluding carboxylic acids is 2. The molecule has 0 radical (unpaired) electrons. The third kappa shape index (κ3) is 5.36. The second kappa shape index (κ2) is 10.8. The van der Waals surface area contributed by atoms with Gasteiger partial charge in [-0.25, -0.2) is 0 Å². The Bertz CT molecular complexity index is 993. The number of nitrogens with zero attached hydrogens (tertiary/aromatic N) is 4. The normalized spacial score (nSPS) is 25.7. The molecule has 35 heavy (non-hydrogen) atoms. The molecule has 0 spiro atoms. The summed E-state index contributed by atoms with van der Waals surface area (Å²) in [7, 11) is 2.14. The lowest BCUT2D eigenvalue weighted by molar-refractivity contribution is -0.132. The highest BCUT2D eigenvalue weighted by Crippen LogP contribution is 2.28. The molecule has 0 unspecified atom stereocenters. The maximum Gasteiger partial charge on any atom is 0.239 e. The molecule has 2 aromatic carbocycles. The largest absolute Gasteiger partial charge is 0.368 e. The van der Waals surface area contributed by atoms with Gasteiger partial charge in [0, 0.05) is 70.0 Å². The number of anilines is 1. The van der Waals surface area contributed by atoms with Crippen molar-refractivity contribution in [2.45, 2.75) is 43.9 Å². The third-order valence-corrected chi connectivity index (χ3v) is 8.02. The number of nitrogens with one attached hydrogen (secondary N) is 1. The van der Waals surface area contributed by atoms with E-state index in [1.165, 1.54) is 11.3 Å². The Balaban J connectivity index is 1.14. The molecule has 0 aliphatic carbocycles. The van der Waals surface area contributed by atoms with Crippen molar-refractivity contribution in [2.75, 3.05) is 51.2 Å². The molecule has 5 rings (SSSR count). The Kier molecular flexibility index (Phi) is 7.35. The zero-order valence-corrected chi connectivity index (χ0v) is 20.7. The number of likely N-dealkylation sites (tertiary alicyclic amines) is 1. The molecular formula is C28H37N5O2. The molecule has 186 valence electrons. The SMILES string of the molecule is CN1[C@@H](CCC(=O)N2CCN(c3ccccc3)CC2)CNC(=O)[C@@H]2[C@H]1CCN2Cc1ccccc1. The quantitative estimate of drug-likeness (QED) is 0.694. The highest BCUT2D eigenvalue weighted by atomic mass is 16.2. The average Bonchev–Trinajstić information content (AvgIpc) is 3.27. The van der Waals surface area contributed by atoms with Crippen LogP contribution in [-0.4, -0.2) is 91.0 Å². The number of carbonyl (C=O) groups is 2. The number of para-hydroxylation sites is 1. The molecular weight excluding hydrogens is 438 g/mol. The van der Waals surface area contributed by atoms with Gasteiger partial charge in [0.05, 0.1) is 0 Å². The Hall–Kier alpha value is -2.90. The molecule has 3 heterocycles. The van der Waals surface area contributed by atoms with E-state index in [0.717, 1.165) is 52.1 Å². The second-order valence-corrected chi connectivity index (χ2v) is 10.1. The zero-order valence-electron chi connectivity index (χ0n) is 20.7. The van der Waals surface area contributed by atoms with E-state index in [9.17, 15) is 9.59 Å². The number of hydrogen-bond donors (Lipinski definition) is 1. The van der Waals surface area contributed by atoms with Crippen LogP contribution in [-0.2, 0) is 16.1 Å². The number of benzene rings is 2. The predicted octanol–water partition coefficient (Wildman–Crippen LogP) is 2.19. The minimum absolute atomic E-state index is 0.126. The van der Waals surface area contributed by atoms with Crippen molar-refractivity contribution in [3.05, 3.63) is 66.2 Å². The van der Waals surface area contributed by atoms with Crippen LogP contribution < -0.4 is 10.2 Å². The van der Waals surface area contributed by atoms with E-state index >= 15 is 0 Å². The third-order valence-electron chi connectivity index (χ3n) is 8.02. The zero-order chi connectivity index (χ0) is 24.2. The molecule has 3 aliphatic heterocycles. The van der Waals surface area contributed by atoms with E-state index in [-0.39, 0.29) is 29.9 Å². The van der Waals surface area contributed by atoms with E-state index in [0.29, 0.717) is 13.0 Å². The van der Waals surface area contributed by atoms with E-state index in [4.69, 9.17) is 0 Å². The van der Waals surface area contributed by atoms with Gasteiger partial charge in [-0.05, 0) is 37.6 Å². The number of likely N-dealkylation sites (N-methyl/N-ethyl adjacent to an activating group) is 1. The molecule has 0 bridgehead atoms. The van der Waals surface area contributed by atoms with Gasteiger partial charge >= 0.3 is 0 Å². The highest BCUT2D eigenvalue weighted by molar-refractivity contribution is 5.83. The first kappa shape index (κ1) is 23.8. The summed E-state index contributed by atoms with van der Waals surface area (Å²) in [5.74, 6) is 0.358. The second-order valence-electron chi connectivity index (χ2n) is 10.1. The van der Waals surface area contributed by atoms with Crippen LogP contribution in [0.4, 0.5) is 5.69 Å². The number of piperazine rings is 1. The van der Waals surface area contributed by atoms with Gasteiger partial charge in [0.2, 0.25) is 11.8 Å². The molecule has 2 amide bonds. The van der Waals surface area contributed by atoms with Gasteiger partial charge in [-0.1, -0.05) is 48.5 Å². The number of fused-ring (bicyclic) bond motifs is 1. The summed E-state index contributed by atoms with van der Waals surface area (Å²) in [6.45, 7) is 5.60. The van der Waals surface area contributed by atoms with Crippen molar-refractivity contribution in [3.8, 4) is 0 Å². The molecule has 3 aliphatic rings. The molecule has 0 aromatic heterocycles. The first-order valence-corrected chi connectivity index (χ1v) is 13.0. The topological polar surface area (TPSA) is 59.1 Å². The van der Waals surface area contributed by atoms with Crippen LogP contribution in [0.15, 0.2) is 60.7 Å². The fourth-order valence-corrected chi connectivity index (χ4v) is 5.95. The van der Waals surface area contributed by atoms with Gasteiger partial charge in [-0.3, -0.25) is 19.4 Å². The van der Waals surface area contributed by atoms with E-state index in [2.05, 4.69) is 75.6 Å². The predicted molar refractivity (Wildman–Crippen MR) is 138 cm³/mol. The molecule has 7 heteroatoms. The first-order valence-electron chi connectivity index (χ1n) is 13.0. The van der Waals surface area contributed by atoms with Crippen molar-refractivity contribution < 1.29 is 9.59 Å². The van der Waals surface area contributed by atoms with Crippen LogP contribution in [0.1, 0.15) is 24.8 Å². The molecule has 0 saturated carbocycles. The molecule has 1 N–H and O–H groups in total. The van der Waals surface area contributed by atoms with Crippen molar-refractivity contribution in [1.29, 1.82) is 0 Å². The lowest BCUT2D eigenvalue weighted by Gasteiger charge is -2.37. The van der Waals surface area contributed by atoms with Crippen molar-refractivity contribution in [3.63, 3.8) is 0 Å². The fourth-order valence-electron chi connectivity index (χ4n) is 5.95. The van der Waals surface area contributed by atoms with Crippen LogP contribution in [0.5, 0.6) is 0 Å². The summed E-state index contributed by atoms with van der Waals surface area (Å²) in [6.07, 6.45) is 2.28. The standard InChI is InChI=1S/C28H37N5O2/c1-30-24(12-13-26(34)32-18-16-31(17-19-32)23-10-6-3-7-11-23)20-29-28(35)27-25(30)14-15-33(27)21-22-8-4-2-5-9-22/h2-11,24-25,27H,12-21H2,1H3,(H,29,35)/t24-,25+,27-/m0/s1. The minimum Gasteiger partial charge on any atom is -0.368 e. The van der Waals surface area contributed by atoms with Crippen LogP contribution in [0, 0.1) is 0 Å². The summed E-state index contributed by atoms with van der Waals surface area (Å²) >= 11 is 0. The maximum absolute atomic E-state index is 13.1. The van der Waals surface area contributed by atoms with Gasteiger partial charge in [-0.15, -0.1) is 0 Å². The molecule has 7 nitrogen and oxygen atoms in total. The monoisotopic (exact) mass is 475 g/mol. The van der Waals surface area contributed by atoms with Crippen LogP contribution in [0.25, 0.3) is 0 Å². The highest BCUT2D eigenvalue weighted by Gasteiger charge is 2.45. The van der Waals surface area contributed by atoms with Crippen molar-refractivity contribution >= 4 is 17.5 Å². The number of rotatable bonds is 6. The average molecular weight is 476 g/mol. The van der Waals surface area contributed by atoms with Gasteiger partial charge < -0.3 is 15.1 Å².